The van der Waals surface area contributed by atoms with E-state index in [0.717, 1.165) is 37.1 Å². The molecule has 6 nitrogen and oxygen atoms in total. The van der Waals surface area contributed by atoms with Crippen LogP contribution in [0.15, 0.2) is 24.3 Å². The molecular weight excluding hydrogens is 327 g/mol. The summed E-state index contributed by atoms with van der Waals surface area (Å²) < 4.78 is 37.3. The summed E-state index contributed by atoms with van der Waals surface area (Å²) in [5.41, 5.74) is -0.693. The van der Waals surface area contributed by atoms with Crippen molar-refractivity contribution in [1.29, 1.82) is 0 Å². The maximum absolute atomic E-state index is 12.4. The van der Waals surface area contributed by atoms with E-state index in [0.29, 0.717) is 13.2 Å². The highest BCUT2D eigenvalue weighted by Gasteiger charge is 2.30. The first-order valence-corrected chi connectivity index (χ1v) is 7.51. The number of hydrogen-bond acceptors (Lipinski definition) is 3. The minimum absolute atomic E-state index is 0.119. The van der Waals surface area contributed by atoms with Crippen LogP contribution in [-0.4, -0.2) is 43.2 Å². The fourth-order valence-corrected chi connectivity index (χ4v) is 2.10. The van der Waals surface area contributed by atoms with Crippen LogP contribution in [0.25, 0.3) is 0 Å². The van der Waals surface area contributed by atoms with Crippen molar-refractivity contribution >= 4 is 11.9 Å². The van der Waals surface area contributed by atoms with Crippen molar-refractivity contribution in [3.05, 3.63) is 35.4 Å². The van der Waals surface area contributed by atoms with Crippen molar-refractivity contribution < 1.29 is 27.6 Å². The van der Waals surface area contributed by atoms with Crippen molar-refractivity contribution in [2.45, 2.75) is 19.0 Å². The van der Waals surface area contributed by atoms with Crippen LogP contribution < -0.4 is 10.6 Å². The maximum Gasteiger partial charge on any atom is 0.416 e. The van der Waals surface area contributed by atoms with E-state index in [4.69, 9.17) is 4.84 Å². The topological polar surface area (TPSA) is 70.7 Å². The average molecular weight is 345 g/mol. The number of carbonyl (C=O) groups excluding carboxylic acids is 2. The molecule has 1 aliphatic rings. The molecule has 2 rings (SSSR count). The summed E-state index contributed by atoms with van der Waals surface area (Å²) in [4.78, 5) is 28.7. The highest BCUT2D eigenvalue weighted by molar-refractivity contribution is 5.94. The summed E-state index contributed by atoms with van der Waals surface area (Å²) in [5.74, 6) is -0.507. The molecule has 24 heavy (non-hydrogen) atoms. The molecule has 0 saturated carbocycles. The molecular formula is C15H18F3N3O3. The van der Waals surface area contributed by atoms with Crippen molar-refractivity contribution in [2.75, 3.05) is 26.2 Å². The van der Waals surface area contributed by atoms with Crippen LogP contribution >= 0.6 is 0 Å². The van der Waals surface area contributed by atoms with Crippen molar-refractivity contribution in [1.82, 2.24) is 15.7 Å². The third kappa shape index (κ3) is 5.12. The fraction of sp³-hybridized carbons (Fsp3) is 0.467. The number of rotatable bonds is 4. The molecule has 0 unspecified atom stereocenters. The minimum Gasteiger partial charge on any atom is -0.350 e. The number of hydrogen-bond donors (Lipinski definition) is 2. The number of halogens is 3. The number of hydroxylamine groups is 2. The first kappa shape index (κ1) is 18.1. The number of nitrogens with zero attached hydrogens (tertiary/aromatic N) is 1. The van der Waals surface area contributed by atoms with E-state index in [9.17, 15) is 22.8 Å². The van der Waals surface area contributed by atoms with Gasteiger partial charge in [-0.15, -0.1) is 0 Å². The second-order valence-electron chi connectivity index (χ2n) is 5.21. The predicted octanol–water partition coefficient (Wildman–Crippen LogP) is 2.17. The van der Waals surface area contributed by atoms with Crippen LogP contribution in [0.1, 0.15) is 28.8 Å². The Kier molecular flexibility index (Phi) is 6.02. The fourth-order valence-electron chi connectivity index (χ4n) is 2.10. The molecule has 0 bridgehead atoms. The van der Waals surface area contributed by atoms with Gasteiger partial charge < -0.3 is 10.6 Å². The lowest BCUT2D eigenvalue weighted by Gasteiger charge is -2.25. The van der Waals surface area contributed by atoms with E-state index >= 15 is 0 Å². The molecule has 0 aromatic heterocycles. The Hall–Kier alpha value is -2.29. The molecule has 1 heterocycles. The summed E-state index contributed by atoms with van der Waals surface area (Å²) in [6.45, 7) is 1.35. The molecule has 9 heteroatoms. The number of benzene rings is 1. The molecule has 1 fully saturated rings. The summed E-state index contributed by atoms with van der Waals surface area (Å²) in [6.07, 6.45) is -2.65. The number of alkyl halides is 3. The quantitative estimate of drug-likeness (QED) is 0.822. The van der Waals surface area contributed by atoms with E-state index in [1.165, 1.54) is 5.06 Å². The Morgan fingerprint density at radius 2 is 1.75 bits per heavy atom. The van der Waals surface area contributed by atoms with Crippen LogP contribution in [-0.2, 0) is 11.0 Å². The molecule has 1 saturated heterocycles. The maximum atomic E-state index is 12.4. The second-order valence-corrected chi connectivity index (χ2v) is 5.21. The SMILES string of the molecule is O=C(NCCNC(=O)N1CCCCO1)c1ccc(C(F)(F)F)cc1. The zero-order valence-electron chi connectivity index (χ0n) is 12.9. The molecule has 3 amide bonds. The van der Waals surface area contributed by atoms with E-state index < -0.39 is 17.6 Å². The average Bonchev–Trinajstić information content (AvgIpc) is 2.58. The normalized spacial score (nSPS) is 15.0. The molecule has 2 N–H and O–H groups in total. The van der Waals surface area contributed by atoms with Crippen LogP contribution in [0.3, 0.4) is 0 Å². The lowest BCUT2D eigenvalue weighted by atomic mass is 10.1. The lowest BCUT2D eigenvalue weighted by molar-refractivity contribution is -0.139. The summed E-state index contributed by atoms with van der Waals surface area (Å²) in [5, 5.41) is 6.35. The smallest absolute Gasteiger partial charge is 0.350 e. The number of nitrogens with one attached hydrogen (secondary N) is 2. The van der Waals surface area contributed by atoms with Gasteiger partial charge in [0.2, 0.25) is 0 Å². The molecule has 0 spiro atoms. The van der Waals surface area contributed by atoms with Crippen molar-refractivity contribution in [2.24, 2.45) is 0 Å². The van der Waals surface area contributed by atoms with Gasteiger partial charge in [-0.2, -0.15) is 13.2 Å². The molecule has 132 valence electrons. The van der Waals surface area contributed by atoms with Crippen LogP contribution in [0, 0.1) is 0 Å². The standard InChI is InChI=1S/C15H18F3N3O3/c16-15(17,18)12-5-3-11(4-6-12)13(22)19-7-8-20-14(23)21-9-1-2-10-24-21/h3-6H,1-2,7-10H2,(H,19,22)(H,20,23). The Bertz CT molecular complexity index is 570. The Balaban J connectivity index is 1.72. The Labute approximate surface area is 136 Å². The van der Waals surface area contributed by atoms with Crippen molar-refractivity contribution in [3.8, 4) is 0 Å². The van der Waals surface area contributed by atoms with E-state index in [1.807, 2.05) is 0 Å². The summed E-state index contributed by atoms with van der Waals surface area (Å²) in [6, 6.07) is 3.55. The predicted molar refractivity (Wildman–Crippen MR) is 79.1 cm³/mol. The first-order chi connectivity index (χ1) is 11.4. The monoisotopic (exact) mass is 345 g/mol. The van der Waals surface area contributed by atoms with Crippen molar-refractivity contribution in [3.63, 3.8) is 0 Å². The summed E-state index contributed by atoms with van der Waals surface area (Å²) >= 11 is 0. The van der Waals surface area contributed by atoms with E-state index in [1.54, 1.807) is 0 Å². The van der Waals surface area contributed by atoms with E-state index in [-0.39, 0.29) is 24.7 Å². The molecule has 0 atom stereocenters. The summed E-state index contributed by atoms with van der Waals surface area (Å²) in [7, 11) is 0. The van der Waals surface area contributed by atoms with Crippen LogP contribution in [0.4, 0.5) is 18.0 Å². The van der Waals surface area contributed by atoms with Gasteiger partial charge in [-0.1, -0.05) is 0 Å². The van der Waals surface area contributed by atoms with E-state index in [2.05, 4.69) is 10.6 Å². The number of carbonyl (C=O) groups is 2. The van der Waals surface area contributed by atoms with Gasteiger partial charge in [0.05, 0.1) is 18.7 Å². The van der Waals surface area contributed by atoms with Gasteiger partial charge >= 0.3 is 12.2 Å². The third-order valence-corrected chi connectivity index (χ3v) is 3.39. The Morgan fingerprint density at radius 1 is 1.08 bits per heavy atom. The minimum atomic E-state index is -4.43. The van der Waals surface area contributed by atoms with Crippen LogP contribution in [0.5, 0.6) is 0 Å². The van der Waals surface area contributed by atoms with Gasteiger partial charge in [0.25, 0.3) is 5.91 Å². The number of urea groups is 1. The van der Waals surface area contributed by atoms with Gasteiger partial charge in [0, 0.05) is 18.7 Å². The zero-order valence-corrected chi connectivity index (χ0v) is 12.9. The molecule has 0 aliphatic carbocycles. The van der Waals surface area contributed by atoms with Gasteiger partial charge in [-0.05, 0) is 37.1 Å². The number of amides is 3. The molecule has 1 aromatic carbocycles. The highest BCUT2D eigenvalue weighted by Crippen LogP contribution is 2.29. The first-order valence-electron chi connectivity index (χ1n) is 7.51. The van der Waals surface area contributed by atoms with Gasteiger partial charge in [-0.3, -0.25) is 9.63 Å². The van der Waals surface area contributed by atoms with Crippen LogP contribution in [0.2, 0.25) is 0 Å². The highest BCUT2D eigenvalue weighted by atomic mass is 19.4. The molecule has 1 aliphatic heterocycles. The second kappa shape index (κ2) is 8.00. The largest absolute Gasteiger partial charge is 0.416 e. The molecule has 0 radical (unpaired) electrons. The zero-order chi connectivity index (χ0) is 17.6. The van der Waals surface area contributed by atoms with Gasteiger partial charge in [0.1, 0.15) is 0 Å². The third-order valence-electron chi connectivity index (χ3n) is 3.39. The molecule has 1 aromatic rings. The lowest BCUT2D eigenvalue weighted by Crippen LogP contribution is -2.45. The Morgan fingerprint density at radius 3 is 2.33 bits per heavy atom. The van der Waals surface area contributed by atoms with Gasteiger partial charge in [0.15, 0.2) is 0 Å². The van der Waals surface area contributed by atoms with Gasteiger partial charge in [-0.25, -0.2) is 9.86 Å².